The molecule has 1 aliphatic rings. The van der Waals surface area contributed by atoms with E-state index in [0.29, 0.717) is 5.56 Å². The highest BCUT2D eigenvalue weighted by molar-refractivity contribution is 6.31. The predicted molar refractivity (Wildman–Crippen MR) is 95.3 cm³/mol. The average Bonchev–Trinajstić information content (AvgIpc) is 2.65. The van der Waals surface area contributed by atoms with E-state index >= 15 is 4.39 Å². The zero-order valence-electron chi connectivity index (χ0n) is 14.6. The maximum atomic E-state index is 15.7. The van der Waals surface area contributed by atoms with E-state index in [1.807, 2.05) is 0 Å². The van der Waals surface area contributed by atoms with Crippen molar-refractivity contribution in [1.82, 2.24) is 10.3 Å². The van der Waals surface area contributed by atoms with Gasteiger partial charge < -0.3 is 15.2 Å². The normalized spacial score (nSPS) is 24.3. The lowest BCUT2D eigenvalue weighted by atomic mass is 9.74. The molecular weight excluding hydrogens is 378 g/mol. The van der Waals surface area contributed by atoms with Gasteiger partial charge in [0.15, 0.2) is 0 Å². The number of halogens is 3. The summed E-state index contributed by atoms with van der Waals surface area (Å²) in [4.78, 5) is 16.8. The van der Waals surface area contributed by atoms with Crippen LogP contribution in [0, 0.1) is 5.82 Å². The second-order valence-corrected chi connectivity index (χ2v) is 6.99. The molecule has 0 radical (unpaired) electrons. The molecule has 0 saturated carbocycles. The summed E-state index contributed by atoms with van der Waals surface area (Å²) in [7, 11) is 1.43. The smallest absolute Gasteiger partial charge is 0.262 e. The minimum absolute atomic E-state index is 0.0125. The SMILES string of the molecule is COCC1(O)CCC(F)(C(=O)NCc2ccc(F)cc2Cl)c2cccnc21. The van der Waals surface area contributed by atoms with Crippen LogP contribution in [0.3, 0.4) is 0 Å². The van der Waals surface area contributed by atoms with Gasteiger partial charge in [-0.15, -0.1) is 0 Å². The summed E-state index contributed by atoms with van der Waals surface area (Å²) < 4.78 is 33.9. The number of hydrogen-bond donors (Lipinski definition) is 2. The summed E-state index contributed by atoms with van der Waals surface area (Å²) >= 11 is 5.94. The van der Waals surface area contributed by atoms with Crippen molar-refractivity contribution in [3.05, 3.63) is 64.2 Å². The number of rotatable bonds is 5. The van der Waals surface area contributed by atoms with Crippen molar-refractivity contribution in [2.75, 3.05) is 13.7 Å². The third-order valence-corrected chi connectivity index (χ3v) is 5.11. The van der Waals surface area contributed by atoms with E-state index in [1.165, 1.54) is 37.6 Å². The monoisotopic (exact) mass is 396 g/mol. The van der Waals surface area contributed by atoms with Crippen LogP contribution in [0.2, 0.25) is 5.02 Å². The summed E-state index contributed by atoms with van der Waals surface area (Å²) in [5.41, 5.74) is -3.24. The van der Waals surface area contributed by atoms with E-state index in [9.17, 15) is 14.3 Å². The van der Waals surface area contributed by atoms with Crippen LogP contribution >= 0.6 is 11.6 Å². The summed E-state index contributed by atoms with van der Waals surface area (Å²) in [5, 5.41) is 13.4. The van der Waals surface area contributed by atoms with E-state index in [2.05, 4.69) is 10.3 Å². The molecule has 3 rings (SSSR count). The number of alkyl halides is 1. The number of aromatic nitrogens is 1. The molecule has 0 spiro atoms. The molecule has 0 bridgehead atoms. The first-order valence-electron chi connectivity index (χ1n) is 8.38. The highest BCUT2D eigenvalue weighted by Crippen LogP contribution is 2.45. The van der Waals surface area contributed by atoms with Gasteiger partial charge in [0.05, 0.1) is 12.3 Å². The molecule has 0 aliphatic heterocycles. The fraction of sp³-hybridized carbons (Fsp3) is 0.368. The van der Waals surface area contributed by atoms with E-state index in [0.717, 1.165) is 6.07 Å². The maximum absolute atomic E-state index is 15.7. The maximum Gasteiger partial charge on any atom is 0.262 e. The van der Waals surface area contributed by atoms with Crippen LogP contribution in [0.15, 0.2) is 36.5 Å². The quantitative estimate of drug-likeness (QED) is 0.815. The van der Waals surface area contributed by atoms with Gasteiger partial charge in [-0.3, -0.25) is 9.78 Å². The average molecular weight is 397 g/mol. The van der Waals surface area contributed by atoms with Crippen LogP contribution in [0.5, 0.6) is 0 Å². The Bertz CT molecular complexity index is 867. The number of methoxy groups -OCH3 is 1. The lowest BCUT2D eigenvalue weighted by molar-refractivity contribution is -0.138. The van der Waals surface area contributed by atoms with Gasteiger partial charge in [-0.05, 0) is 36.6 Å². The van der Waals surface area contributed by atoms with Gasteiger partial charge in [-0.2, -0.15) is 0 Å². The summed E-state index contributed by atoms with van der Waals surface area (Å²) in [6.07, 6.45) is 1.18. The Morgan fingerprint density at radius 2 is 2.19 bits per heavy atom. The largest absolute Gasteiger partial charge is 0.381 e. The molecule has 27 heavy (non-hydrogen) atoms. The Morgan fingerprint density at radius 1 is 1.41 bits per heavy atom. The number of carbonyl (C=O) groups excluding carboxylic acids is 1. The number of aliphatic hydroxyl groups is 1. The molecule has 1 aromatic heterocycles. The van der Waals surface area contributed by atoms with Crippen molar-refractivity contribution in [2.45, 2.75) is 30.7 Å². The van der Waals surface area contributed by atoms with E-state index < -0.39 is 23.0 Å². The minimum Gasteiger partial charge on any atom is -0.381 e. The molecule has 2 unspecified atom stereocenters. The van der Waals surface area contributed by atoms with Crippen molar-refractivity contribution < 1.29 is 23.4 Å². The van der Waals surface area contributed by atoms with Crippen LogP contribution in [-0.2, 0) is 27.3 Å². The number of nitrogens with one attached hydrogen (secondary N) is 1. The van der Waals surface area contributed by atoms with Crippen LogP contribution in [0.4, 0.5) is 8.78 Å². The summed E-state index contributed by atoms with van der Waals surface area (Å²) in [6, 6.07) is 6.71. The third kappa shape index (κ3) is 3.67. The standard InChI is InChI=1S/C19H19ClF2N2O3/c1-27-11-18(26)6-7-19(22,14-3-2-8-23-16(14)18)17(25)24-10-12-4-5-13(21)9-15(12)20/h2-5,8-9,26H,6-7,10-11H2,1H3,(H,24,25). The Labute approximate surface area is 160 Å². The van der Waals surface area contributed by atoms with Crippen molar-refractivity contribution in [1.29, 1.82) is 0 Å². The number of carbonyl (C=O) groups is 1. The Morgan fingerprint density at radius 3 is 2.89 bits per heavy atom. The fourth-order valence-electron chi connectivity index (χ4n) is 3.32. The zero-order chi connectivity index (χ0) is 19.7. The van der Waals surface area contributed by atoms with Gasteiger partial charge in [0.1, 0.15) is 11.4 Å². The van der Waals surface area contributed by atoms with Gasteiger partial charge in [-0.1, -0.05) is 23.7 Å². The molecule has 144 valence electrons. The predicted octanol–water partition coefficient (Wildman–Crippen LogP) is 2.98. The lowest BCUT2D eigenvalue weighted by Crippen LogP contribution is -2.49. The topological polar surface area (TPSA) is 71.5 Å². The first-order chi connectivity index (χ1) is 12.8. The summed E-state index contributed by atoms with van der Waals surface area (Å²) in [6.45, 7) is -0.110. The Balaban J connectivity index is 1.85. The Hall–Kier alpha value is -2.09. The second kappa shape index (κ2) is 7.50. The first kappa shape index (κ1) is 19.7. The number of pyridine rings is 1. The molecular formula is C19H19ClF2N2O3. The van der Waals surface area contributed by atoms with Crippen molar-refractivity contribution in [2.24, 2.45) is 0 Å². The molecule has 1 aliphatic carbocycles. The molecule has 2 aromatic rings. The van der Waals surface area contributed by atoms with Crippen molar-refractivity contribution in [3.8, 4) is 0 Å². The fourth-order valence-corrected chi connectivity index (χ4v) is 3.56. The number of ether oxygens (including phenoxy) is 1. The van der Waals surface area contributed by atoms with Crippen LogP contribution in [0.1, 0.15) is 29.7 Å². The minimum atomic E-state index is -2.35. The third-order valence-electron chi connectivity index (χ3n) is 4.76. The molecule has 2 N–H and O–H groups in total. The molecule has 1 aromatic carbocycles. The van der Waals surface area contributed by atoms with Crippen molar-refractivity contribution >= 4 is 17.5 Å². The molecule has 5 nitrogen and oxygen atoms in total. The lowest BCUT2D eigenvalue weighted by Gasteiger charge is -2.39. The van der Waals surface area contributed by atoms with Gasteiger partial charge >= 0.3 is 0 Å². The molecule has 0 saturated heterocycles. The summed E-state index contributed by atoms with van der Waals surface area (Å²) in [5.74, 6) is -1.36. The van der Waals surface area contributed by atoms with Gasteiger partial charge in [0.25, 0.3) is 5.91 Å². The molecule has 2 atom stereocenters. The van der Waals surface area contributed by atoms with Gasteiger partial charge in [-0.25, -0.2) is 8.78 Å². The zero-order valence-corrected chi connectivity index (χ0v) is 15.4. The van der Waals surface area contributed by atoms with E-state index in [-0.39, 0.29) is 42.3 Å². The second-order valence-electron chi connectivity index (χ2n) is 6.58. The van der Waals surface area contributed by atoms with E-state index in [1.54, 1.807) is 0 Å². The number of hydrogen-bond acceptors (Lipinski definition) is 4. The molecule has 0 fully saturated rings. The molecule has 1 amide bonds. The van der Waals surface area contributed by atoms with E-state index in [4.69, 9.17) is 16.3 Å². The van der Waals surface area contributed by atoms with Crippen LogP contribution in [0.25, 0.3) is 0 Å². The highest BCUT2D eigenvalue weighted by Gasteiger charge is 2.51. The number of fused-ring (bicyclic) bond motifs is 1. The number of nitrogens with zero attached hydrogens (tertiary/aromatic N) is 1. The Kier molecular flexibility index (Phi) is 5.46. The molecule has 8 heteroatoms. The van der Waals surface area contributed by atoms with Crippen molar-refractivity contribution in [3.63, 3.8) is 0 Å². The van der Waals surface area contributed by atoms with Gasteiger partial charge in [0.2, 0.25) is 5.67 Å². The first-order valence-corrected chi connectivity index (χ1v) is 8.76. The molecule has 1 heterocycles. The number of amides is 1. The number of benzene rings is 1. The van der Waals surface area contributed by atoms with Gasteiger partial charge in [0, 0.05) is 30.4 Å². The van der Waals surface area contributed by atoms with Crippen LogP contribution in [-0.4, -0.2) is 29.7 Å². The highest BCUT2D eigenvalue weighted by atomic mass is 35.5. The van der Waals surface area contributed by atoms with Crippen LogP contribution < -0.4 is 5.32 Å².